The number of hydrogen-bond donors (Lipinski definition) is 1. The highest BCUT2D eigenvalue weighted by molar-refractivity contribution is 5.94. The minimum atomic E-state index is -4.42. The van der Waals surface area contributed by atoms with E-state index in [1.54, 1.807) is 4.90 Å². The van der Waals surface area contributed by atoms with Gasteiger partial charge in [0.05, 0.1) is 5.56 Å². The number of nitrogens with one attached hydrogen (secondary N) is 1. The highest BCUT2D eigenvalue weighted by Gasteiger charge is 2.31. The molecule has 1 aliphatic rings. The third kappa shape index (κ3) is 4.35. The van der Waals surface area contributed by atoms with Crippen LogP contribution in [0.4, 0.5) is 13.2 Å². The average molecular weight is 323 g/mol. The van der Waals surface area contributed by atoms with E-state index in [9.17, 15) is 18.0 Å². The lowest BCUT2D eigenvalue weighted by molar-refractivity contribution is -0.137. The molecule has 0 radical (unpaired) electrons. The normalized spacial score (nSPS) is 19.0. The molecule has 1 aromatic rings. The van der Waals surface area contributed by atoms with Crippen LogP contribution >= 0.6 is 12.4 Å². The largest absolute Gasteiger partial charge is 0.416 e. The van der Waals surface area contributed by atoms with Crippen LogP contribution in [0.5, 0.6) is 0 Å². The monoisotopic (exact) mass is 322 g/mol. The zero-order valence-electron chi connectivity index (χ0n) is 11.6. The first-order valence-corrected chi connectivity index (χ1v) is 6.55. The first-order chi connectivity index (χ1) is 9.41. The Morgan fingerprint density at radius 3 is 2.71 bits per heavy atom. The van der Waals surface area contributed by atoms with E-state index >= 15 is 0 Å². The molecule has 118 valence electrons. The molecule has 1 aromatic carbocycles. The summed E-state index contributed by atoms with van der Waals surface area (Å²) in [7, 11) is 1.82. The maximum Gasteiger partial charge on any atom is 0.416 e. The fourth-order valence-electron chi connectivity index (χ4n) is 2.41. The number of piperidine rings is 1. The van der Waals surface area contributed by atoms with Crippen LogP contribution in [-0.4, -0.2) is 37.0 Å². The summed E-state index contributed by atoms with van der Waals surface area (Å²) in [5.74, 6) is -0.337. The maximum absolute atomic E-state index is 12.7. The van der Waals surface area contributed by atoms with Crippen molar-refractivity contribution in [1.82, 2.24) is 10.2 Å². The summed E-state index contributed by atoms with van der Waals surface area (Å²) >= 11 is 0. The number of nitrogens with zero attached hydrogens (tertiary/aromatic N) is 1. The maximum atomic E-state index is 12.7. The Kier molecular flexibility index (Phi) is 6.04. The second-order valence-electron chi connectivity index (χ2n) is 4.96. The second kappa shape index (κ2) is 7.13. The molecule has 1 fully saturated rings. The molecule has 3 nitrogen and oxygen atoms in total. The summed E-state index contributed by atoms with van der Waals surface area (Å²) < 4.78 is 38.0. The fraction of sp³-hybridized carbons (Fsp3) is 0.500. The van der Waals surface area contributed by atoms with E-state index in [1.807, 2.05) is 7.05 Å². The van der Waals surface area contributed by atoms with E-state index in [1.165, 1.54) is 12.1 Å². The van der Waals surface area contributed by atoms with Crippen molar-refractivity contribution >= 4 is 18.3 Å². The first-order valence-electron chi connectivity index (χ1n) is 6.55. The van der Waals surface area contributed by atoms with Crippen molar-refractivity contribution in [2.75, 3.05) is 20.1 Å². The van der Waals surface area contributed by atoms with Gasteiger partial charge < -0.3 is 10.2 Å². The number of amides is 1. The van der Waals surface area contributed by atoms with Crippen LogP contribution < -0.4 is 5.32 Å². The second-order valence-corrected chi connectivity index (χ2v) is 4.96. The van der Waals surface area contributed by atoms with E-state index in [2.05, 4.69) is 5.32 Å². The highest BCUT2D eigenvalue weighted by Crippen LogP contribution is 2.29. The van der Waals surface area contributed by atoms with Crippen molar-refractivity contribution < 1.29 is 18.0 Å². The van der Waals surface area contributed by atoms with Gasteiger partial charge in [-0.25, -0.2) is 0 Å². The molecule has 1 heterocycles. The summed E-state index contributed by atoms with van der Waals surface area (Å²) in [6.45, 7) is 1.12. The standard InChI is InChI=1S/C14H17F3N2O.ClH/c1-18-12-6-3-7-19(9-12)13(20)10-4-2-5-11(8-10)14(15,16)17;/h2,4-5,8,12,18H,3,6-7,9H2,1H3;1H. The van der Waals surface area contributed by atoms with E-state index in [0.717, 1.165) is 25.0 Å². The summed E-state index contributed by atoms with van der Waals surface area (Å²) in [4.78, 5) is 13.9. The molecule has 21 heavy (non-hydrogen) atoms. The molecule has 0 spiro atoms. The van der Waals surface area contributed by atoms with E-state index in [-0.39, 0.29) is 29.9 Å². The number of likely N-dealkylation sites (N-methyl/N-ethyl adjacent to an activating group) is 1. The van der Waals surface area contributed by atoms with Gasteiger partial charge in [0, 0.05) is 24.7 Å². The summed E-state index contributed by atoms with van der Waals surface area (Å²) in [6, 6.07) is 4.81. The molecule has 1 atom stereocenters. The zero-order chi connectivity index (χ0) is 14.8. The van der Waals surface area contributed by atoms with Gasteiger partial charge in [0.25, 0.3) is 5.91 Å². The average Bonchev–Trinajstić information content (AvgIpc) is 2.46. The molecule has 0 aliphatic carbocycles. The third-order valence-corrected chi connectivity index (χ3v) is 3.55. The molecule has 1 unspecified atom stereocenters. The number of alkyl halides is 3. The van der Waals surface area contributed by atoms with Crippen molar-refractivity contribution in [1.29, 1.82) is 0 Å². The van der Waals surface area contributed by atoms with Crippen LogP contribution in [0.1, 0.15) is 28.8 Å². The van der Waals surface area contributed by atoms with Crippen molar-refractivity contribution in [2.45, 2.75) is 25.1 Å². The van der Waals surface area contributed by atoms with Crippen LogP contribution in [0.3, 0.4) is 0 Å². The number of halogens is 4. The number of benzene rings is 1. The van der Waals surface area contributed by atoms with Crippen LogP contribution in [0.15, 0.2) is 24.3 Å². The minimum Gasteiger partial charge on any atom is -0.337 e. The SMILES string of the molecule is CNC1CCCN(C(=O)c2cccc(C(F)(F)F)c2)C1.Cl. The number of rotatable bonds is 2. The van der Waals surface area contributed by atoms with Crippen LogP contribution in [0.25, 0.3) is 0 Å². The summed E-state index contributed by atoms with van der Waals surface area (Å²) in [5, 5.41) is 3.10. The number of likely N-dealkylation sites (tertiary alicyclic amines) is 1. The molecule has 0 bridgehead atoms. The molecule has 1 N–H and O–H groups in total. The molecule has 7 heteroatoms. The number of carbonyl (C=O) groups excluding carboxylic acids is 1. The molecule has 1 aliphatic heterocycles. The topological polar surface area (TPSA) is 32.3 Å². The van der Waals surface area contributed by atoms with Gasteiger partial charge in [-0.15, -0.1) is 12.4 Å². The van der Waals surface area contributed by atoms with E-state index in [0.29, 0.717) is 13.1 Å². The third-order valence-electron chi connectivity index (χ3n) is 3.55. The van der Waals surface area contributed by atoms with Gasteiger partial charge in [-0.05, 0) is 38.1 Å². The van der Waals surface area contributed by atoms with Gasteiger partial charge in [0.1, 0.15) is 0 Å². The smallest absolute Gasteiger partial charge is 0.337 e. The zero-order valence-corrected chi connectivity index (χ0v) is 12.4. The van der Waals surface area contributed by atoms with Crippen molar-refractivity contribution in [2.24, 2.45) is 0 Å². The van der Waals surface area contributed by atoms with Crippen molar-refractivity contribution in [3.63, 3.8) is 0 Å². The summed E-state index contributed by atoms with van der Waals surface area (Å²) in [6.07, 6.45) is -2.59. The van der Waals surface area contributed by atoms with Gasteiger partial charge in [-0.1, -0.05) is 6.07 Å². The van der Waals surface area contributed by atoms with Crippen LogP contribution in [-0.2, 0) is 6.18 Å². The Morgan fingerprint density at radius 1 is 1.38 bits per heavy atom. The van der Waals surface area contributed by atoms with Crippen molar-refractivity contribution in [3.05, 3.63) is 35.4 Å². The number of carbonyl (C=O) groups is 1. The lowest BCUT2D eigenvalue weighted by Gasteiger charge is -2.32. The van der Waals surface area contributed by atoms with Gasteiger partial charge in [-0.2, -0.15) is 13.2 Å². The Balaban J connectivity index is 0.00000220. The Hall–Kier alpha value is -1.27. The van der Waals surface area contributed by atoms with Crippen molar-refractivity contribution in [3.8, 4) is 0 Å². The lowest BCUT2D eigenvalue weighted by atomic mass is 10.0. The molecular formula is C14H18ClF3N2O. The minimum absolute atomic E-state index is 0. The molecule has 0 aromatic heterocycles. The van der Waals surface area contributed by atoms with Gasteiger partial charge in [0.2, 0.25) is 0 Å². The first kappa shape index (κ1) is 17.8. The fourth-order valence-corrected chi connectivity index (χ4v) is 2.41. The molecule has 0 saturated carbocycles. The lowest BCUT2D eigenvalue weighted by Crippen LogP contribution is -2.47. The van der Waals surface area contributed by atoms with Gasteiger partial charge >= 0.3 is 6.18 Å². The van der Waals surface area contributed by atoms with Crippen LogP contribution in [0.2, 0.25) is 0 Å². The van der Waals surface area contributed by atoms with E-state index < -0.39 is 11.7 Å². The van der Waals surface area contributed by atoms with E-state index in [4.69, 9.17) is 0 Å². The van der Waals surface area contributed by atoms with Crippen LogP contribution in [0, 0.1) is 0 Å². The predicted octanol–water partition coefficient (Wildman–Crippen LogP) is 2.95. The Bertz CT molecular complexity index is 493. The molecule has 1 amide bonds. The Labute approximate surface area is 127 Å². The molecule has 1 saturated heterocycles. The molecule has 2 rings (SSSR count). The van der Waals surface area contributed by atoms with Gasteiger partial charge in [-0.3, -0.25) is 4.79 Å². The predicted molar refractivity (Wildman–Crippen MR) is 76.7 cm³/mol. The quantitative estimate of drug-likeness (QED) is 0.908. The summed E-state index contributed by atoms with van der Waals surface area (Å²) in [5.41, 5.74) is -0.692. The van der Waals surface area contributed by atoms with Gasteiger partial charge in [0.15, 0.2) is 0 Å². The highest BCUT2D eigenvalue weighted by atomic mass is 35.5. The number of hydrogen-bond acceptors (Lipinski definition) is 2. The molecular weight excluding hydrogens is 305 g/mol. The Morgan fingerprint density at radius 2 is 2.10 bits per heavy atom.